The van der Waals surface area contributed by atoms with Crippen LogP contribution in [0.5, 0.6) is 0 Å². The first-order chi connectivity index (χ1) is 11.8. The highest BCUT2D eigenvalue weighted by atomic mass is 16.1. The second kappa shape index (κ2) is 6.01. The van der Waals surface area contributed by atoms with E-state index in [1.165, 1.54) is 0 Å². The summed E-state index contributed by atoms with van der Waals surface area (Å²) in [4.78, 5) is 19.9. The molecule has 0 bridgehead atoms. The van der Waals surface area contributed by atoms with Crippen molar-refractivity contribution < 1.29 is 4.79 Å². The van der Waals surface area contributed by atoms with Crippen LogP contribution in [-0.2, 0) is 0 Å². The molecule has 4 aromatic rings. The van der Waals surface area contributed by atoms with E-state index in [-0.39, 0.29) is 5.91 Å². The quantitative estimate of drug-likeness (QED) is 0.586. The Labute approximate surface area is 139 Å². The molecule has 24 heavy (non-hydrogen) atoms. The predicted molar refractivity (Wildman–Crippen MR) is 95.9 cm³/mol. The molecule has 0 aliphatic rings. The minimum absolute atomic E-state index is 0.184. The highest BCUT2D eigenvalue weighted by molar-refractivity contribution is 6.07. The zero-order valence-electron chi connectivity index (χ0n) is 12.9. The average molecular weight is 313 g/mol. The lowest BCUT2D eigenvalue weighted by Gasteiger charge is -2.10. The molecule has 0 unspecified atom stereocenters. The number of anilines is 1. The van der Waals surface area contributed by atoms with Crippen molar-refractivity contribution in [2.75, 3.05) is 5.32 Å². The van der Waals surface area contributed by atoms with Gasteiger partial charge in [0.25, 0.3) is 5.91 Å². The summed E-state index contributed by atoms with van der Waals surface area (Å²) in [5.41, 5.74) is 4.03. The maximum absolute atomic E-state index is 12.6. The summed E-state index contributed by atoms with van der Waals surface area (Å²) >= 11 is 0. The van der Waals surface area contributed by atoms with E-state index >= 15 is 0 Å². The Balaban J connectivity index is 1.67. The third-order valence-electron chi connectivity index (χ3n) is 3.90. The molecule has 0 saturated heterocycles. The van der Waals surface area contributed by atoms with Gasteiger partial charge in [-0.2, -0.15) is 0 Å². The van der Waals surface area contributed by atoms with Gasteiger partial charge in [-0.1, -0.05) is 48.5 Å². The van der Waals surface area contributed by atoms with E-state index < -0.39 is 0 Å². The largest absolute Gasteiger partial charge is 0.335 e. The number of nitrogens with zero attached hydrogens (tertiary/aromatic N) is 1. The number of benzene rings is 2. The maximum atomic E-state index is 12.6. The van der Waals surface area contributed by atoms with Gasteiger partial charge in [-0.25, -0.2) is 4.98 Å². The fourth-order valence-corrected chi connectivity index (χ4v) is 2.73. The lowest BCUT2D eigenvalue weighted by Crippen LogP contribution is -2.12. The van der Waals surface area contributed by atoms with Gasteiger partial charge in [-0.3, -0.25) is 4.79 Å². The van der Waals surface area contributed by atoms with E-state index in [1.54, 1.807) is 6.20 Å². The number of H-pyrrole nitrogens is 1. The van der Waals surface area contributed by atoms with Crippen molar-refractivity contribution >= 4 is 22.6 Å². The van der Waals surface area contributed by atoms with Gasteiger partial charge in [-0.05, 0) is 29.8 Å². The van der Waals surface area contributed by atoms with Crippen molar-refractivity contribution in [1.82, 2.24) is 9.97 Å². The summed E-state index contributed by atoms with van der Waals surface area (Å²) in [6.45, 7) is 0. The third-order valence-corrected chi connectivity index (χ3v) is 3.90. The summed E-state index contributed by atoms with van der Waals surface area (Å²) < 4.78 is 0. The first kappa shape index (κ1) is 14.2. The molecule has 1 amide bonds. The number of aromatic nitrogens is 2. The number of carbonyl (C=O) groups is 1. The monoisotopic (exact) mass is 313 g/mol. The molecule has 0 saturated carbocycles. The van der Waals surface area contributed by atoms with Crippen LogP contribution in [0, 0.1) is 0 Å². The van der Waals surface area contributed by atoms with Crippen LogP contribution in [0.2, 0.25) is 0 Å². The fraction of sp³-hybridized carbons (Fsp3) is 0. The minimum atomic E-state index is -0.184. The number of hydrogen-bond acceptors (Lipinski definition) is 2. The van der Waals surface area contributed by atoms with Gasteiger partial charge >= 0.3 is 0 Å². The van der Waals surface area contributed by atoms with E-state index in [0.717, 1.165) is 22.2 Å². The van der Waals surface area contributed by atoms with Gasteiger partial charge in [0.05, 0.1) is 0 Å². The lowest BCUT2D eigenvalue weighted by atomic mass is 10.0. The van der Waals surface area contributed by atoms with Gasteiger partial charge in [0.2, 0.25) is 0 Å². The summed E-state index contributed by atoms with van der Waals surface area (Å²) in [6.07, 6.45) is 1.70. The molecule has 4 heteroatoms. The normalized spacial score (nSPS) is 10.7. The van der Waals surface area contributed by atoms with Crippen LogP contribution in [0.25, 0.3) is 22.2 Å². The SMILES string of the molecule is O=C(Nc1ccccc1-c1ccccc1)c1cc2cccnc2[nH]1. The molecule has 2 aromatic heterocycles. The Morgan fingerprint density at radius 1 is 0.917 bits per heavy atom. The van der Waals surface area contributed by atoms with Crippen LogP contribution in [-0.4, -0.2) is 15.9 Å². The van der Waals surface area contributed by atoms with Crippen LogP contribution in [0.1, 0.15) is 10.5 Å². The van der Waals surface area contributed by atoms with Crippen LogP contribution < -0.4 is 5.32 Å². The summed E-state index contributed by atoms with van der Waals surface area (Å²) in [5, 5.41) is 3.90. The number of carbonyl (C=O) groups excluding carboxylic acids is 1. The van der Waals surface area contributed by atoms with E-state index in [2.05, 4.69) is 15.3 Å². The Hall–Kier alpha value is -3.40. The van der Waals surface area contributed by atoms with Gasteiger partial charge in [-0.15, -0.1) is 0 Å². The van der Waals surface area contributed by atoms with E-state index in [0.29, 0.717) is 11.3 Å². The van der Waals surface area contributed by atoms with Gasteiger partial charge < -0.3 is 10.3 Å². The number of nitrogens with one attached hydrogen (secondary N) is 2. The Morgan fingerprint density at radius 2 is 1.71 bits per heavy atom. The molecule has 0 atom stereocenters. The zero-order chi connectivity index (χ0) is 16.4. The van der Waals surface area contributed by atoms with Crippen molar-refractivity contribution in [3.8, 4) is 11.1 Å². The summed E-state index contributed by atoms with van der Waals surface area (Å²) in [6, 6.07) is 23.4. The number of rotatable bonds is 3. The predicted octanol–water partition coefficient (Wildman–Crippen LogP) is 4.48. The number of amides is 1. The molecule has 0 fully saturated rings. The molecule has 0 spiro atoms. The van der Waals surface area contributed by atoms with Crippen molar-refractivity contribution in [2.24, 2.45) is 0 Å². The minimum Gasteiger partial charge on any atom is -0.335 e. The Bertz CT molecular complexity index is 973. The highest BCUT2D eigenvalue weighted by Crippen LogP contribution is 2.28. The van der Waals surface area contributed by atoms with Crippen LogP contribution in [0.15, 0.2) is 79.0 Å². The first-order valence-electron chi connectivity index (χ1n) is 7.71. The number of pyridine rings is 1. The maximum Gasteiger partial charge on any atom is 0.272 e. The molecule has 4 nitrogen and oxygen atoms in total. The van der Waals surface area contributed by atoms with Gasteiger partial charge in [0, 0.05) is 22.8 Å². The third kappa shape index (κ3) is 2.65. The van der Waals surface area contributed by atoms with Crippen LogP contribution in [0.3, 0.4) is 0 Å². The Morgan fingerprint density at radius 3 is 2.54 bits per heavy atom. The summed E-state index contributed by atoms with van der Waals surface area (Å²) in [7, 11) is 0. The molecule has 2 heterocycles. The van der Waals surface area contributed by atoms with Crippen molar-refractivity contribution in [3.05, 3.63) is 84.7 Å². The molecule has 4 rings (SSSR count). The smallest absolute Gasteiger partial charge is 0.272 e. The van der Waals surface area contributed by atoms with E-state index in [1.807, 2.05) is 72.8 Å². The number of aromatic amines is 1. The lowest BCUT2D eigenvalue weighted by molar-refractivity contribution is 0.102. The zero-order valence-corrected chi connectivity index (χ0v) is 12.9. The molecule has 0 aliphatic carbocycles. The number of para-hydroxylation sites is 1. The van der Waals surface area contributed by atoms with E-state index in [4.69, 9.17) is 0 Å². The summed E-state index contributed by atoms with van der Waals surface area (Å²) in [5.74, 6) is -0.184. The van der Waals surface area contributed by atoms with E-state index in [9.17, 15) is 4.79 Å². The molecule has 0 radical (unpaired) electrons. The molecule has 0 aliphatic heterocycles. The van der Waals surface area contributed by atoms with Gasteiger partial charge in [0.1, 0.15) is 11.3 Å². The van der Waals surface area contributed by atoms with Crippen molar-refractivity contribution in [1.29, 1.82) is 0 Å². The van der Waals surface area contributed by atoms with Crippen LogP contribution in [0.4, 0.5) is 5.69 Å². The standard InChI is InChI=1S/C20H15N3O/c24-20(18-13-15-9-6-12-21-19(15)22-18)23-17-11-5-4-10-16(17)14-7-2-1-3-8-14/h1-13H,(H,21,22)(H,23,24). The average Bonchev–Trinajstić information content (AvgIpc) is 3.07. The molecule has 116 valence electrons. The van der Waals surface area contributed by atoms with Gasteiger partial charge in [0.15, 0.2) is 0 Å². The first-order valence-corrected chi connectivity index (χ1v) is 7.71. The Kier molecular flexibility index (Phi) is 3.56. The molecule has 2 aromatic carbocycles. The van der Waals surface area contributed by atoms with Crippen LogP contribution >= 0.6 is 0 Å². The molecule has 2 N–H and O–H groups in total. The molecular weight excluding hydrogens is 298 g/mol. The topological polar surface area (TPSA) is 57.8 Å². The fourth-order valence-electron chi connectivity index (χ4n) is 2.73. The highest BCUT2D eigenvalue weighted by Gasteiger charge is 2.12. The number of fused-ring (bicyclic) bond motifs is 1. The van der Waals surface area contributed by atoms with Crippen molar-refractivity contribution in [3.63, 3.8) is 0 Å². The second-order valence-corrected chi connectivity index (χ2v) is 5.49. The number of hydrogen-bond donors (Lipinski definition) is 2. The van der Waals surface area contributed by atoms with Crippen molar-refractivity contribution in [2.45, 2.75) is 0 Å². The molecular formula is C20H15N3O. The second-order valence-electron chi connectivity index (χ2n) is 5.49.